The highest BCUT2D eigenvalue weighted by molar-refractivity contribution is 5.84. The fourth-order valence-corrected chi connectivity index (χ4v) is 5.71. The molecule has 5 nitrogen and oxygen atoms in total. The summed E-state index contributed by atoms with van der Waals surface area (Å²) in [7, 11) is 0. The number of aliphatic hydroxyl groups excluding tert-OH is 1. The topological polar surface area (TPSA) is 65.7 Å². The molecule has 1 unspecified atom stereocenters. The highest BCUT2D eigenvalue weighted by Gasteiger charge is 2.29. The Kier molecular flexibility index (Phi) is 9.09. The first-order chi connectivity index (χ1) is 17.8. The maximum atomic E-state index is 11.5. The van der Waals surface area contributed by atoms with Crippen molar-refractivity contribution in [2.45, 2.75) is 89.7 Å². The van der Waals surface area contributed by atoms with Gasteiger partial charge in [-0.1, -0.05) is 62.2 Å². The summed E-state index contributed by atoms with van der Waals surface area (Å²) in [5, 5.41) is 21.5. The second-order valence-corrected chi connectivity index (χ2v) is 11.3. The molecule has 1 fully saturated rings. The van der Waals surface area contributed by atoms with Crippen LogP contribution in [-0.4, -0.2) is 45.3 Å². The third kappa shape index (κ3) is 6.45. The molecule has 1 saturated heterocycles. The lowest BCUT2D eigenvalue weighted by Gasteiger charge is -2.32. The Labute approximate surface area is 222 Å². The Morgan fingerprint density at radius 2 is 1.70 bits per heavy atom. The van der Waals surface area contributed by atoms with Gasteiger partial charge in [0.05, 0.1) is 11.5 Å². The lowest BCUT2D eigenvalue weighted by Crippen LogP contribution is -2.33. The van der Waals surface area contributed by atoms with Crippen LogP contribution in [0.4, 0.5) is 0 Å². The third-order valence-corrected chi connectivity index (χ3v) is 8.35. The summed E-state index contributed by atoms with van der Waals surface area (Å²) in [6, 6.07) is 16.3. The highest BCUT2D eigenvalue weighted by atomic mass is 16.4. The summed E-state index contributed by atoms with van der Waals surface area (Å²) in [4.78, 5) is 14.0. The third-order valence-electron chi connectivity index (χ3n) is 8.35. The van der Waals surface area contributed by atoms with E-state index in [1.54, 1.807) is 13.8 Å². The minimum absolute atomic E-state index is 0.515. The molecule has 0 aliphatic carbocycles. The van der Waals surface area contributed by atoms with E-state index < -0.39 is 17.5 Å². The zero-order valence-corrected chi connectivity index (χ0v) is 22.8. The van der Waals surface area contributed by atoms with Gasteiger partial charge in [-0.15, -0.1) is 0 Å². The molecule has 2 N–H and O–H groups in total. The molecule has 3 aromatic rings. The molecule has 4 rings (SSSR count). The Bertz CT molecular complexity index is 1160. The van der Waals surface area contributed by atoms with Gasteiger partial charge in [-0.2, -0.15) is 0 Å². The zero-order chi connectivity index (χ0) is 26.4. The quantitative estimate of drug-likeness (QED) is 0.264. The minimum atomic E-state index is -0.931. The molecule has 0 amide bonds. The second-order valence-electron chi connectivity index (χ2n) is 11.3. The fourth-order valence-electron chi connectivity index (χ4n) is 5.71. The molecule has 2 aromatic carbocycles. The van der Waals surface area contributed by atoms with Crippen molar-refractivity contribution in [2.75, 3.05) is 19.6 Å². The minimum Gasteiger partial charge on any atom is -0.481 e. The van der Waals surface area contributed by atoms with E-state index in [-0.39, 0.29) is 0 Å². The van der Waals surface area contributed by atoms with Crippen LogP contribution in [0.5, 0.6) is 0 Å². The van der Waals surface area contributed by atoms with Crippen molar-refractivity contribution < 1.29 is 15.0 Å². The molecular formula is C32H44N2O3. The predicted molar refractivity (Wildman–Crippen MR) is 151 cm³/mol. The summed E-state index contributed by atoms with van der Waals surface area (Å²) in [5.41, 5.74) is 3.59. The molecule has 0 saturated carbocycles. The van der Waals surface area contributed by atoms with Gasteiger partial charge in [0, 0.05) is 23.6 Å². The summed E-state index contributed by atoms with van der Waals surface area (Å²) in [5.74, 6) is -0.227. The van der Waals surface area contributed by atoms with Crippen molar-refractivity contribution in [1.82, 2.24) is 9.47 Å². The number of piperidine rings is 1. The lowest BCUT2D eigenvalue weighted by molar-refractivity contribution is -0.142. The number of benzene rings is 2. The molecule has 37 heavy (non-hydrogen) atoms. The first-order valence-electron chi connectivity index (χ1n) is 14.1. The Morgan fingerprint density at radius 1 is 1.00 bits per heavy atom. The molecule has 1 aromatic heterocycles. The van der Waals surface area contributed by atoms with E-state index in [2.05, 4.69) is 46.9 Å². The summed E-state index contributed by atoms with van der Waals surface area (Å²) in [6.45, 7) is 9.99. The molecule has 1 aliphatic heterocycles. The summed E-state index contributed by atoms with van der Waals surface area (Å²) < 4.78 is 2.48. The number of aliphatic hydroxyl groups is 1. The molecule has 2 heterocycles. The predicted octanol–water partition coefficient (Wildman–Crippen LogP) is 6.89. The zero-order valence-electron chi connectivity index (χ0n) is 22.8. The van der Waals surface area contributed by atoms with Gasteiger partial charge in [0.15, 0.2) is 0 Å². The normalized spacial score (nSPS) is 16.3. The number of rotatable bonds is 12. The van der Waals surface area contributed by atoms with E-state index in [9.17, 15) is 15.0 Å². The van der Waals surface area contributed by atoms with Crippen LogP contribution in [0.1, 0.15) is 94.4 Å². The van der Waals surface area contributed by atoms with Crippen molar-refractivity contribution in [3.05, 3.63) is 71.4 Å². The van der Waals surface area contributed by atoms with E-state index in [1.165, 1.54) is 48.6 Å². The number of para-hydroxylation sites is 1. The number of aliphatic carboxylic acids is 1. The molecule has 0 radical (unpaired) electrons. The first kappa shape index (κ1) is 27.4. The molecular weight excluding hydrogens is 460 g/mol. The number of carboxylic acid groups (broad SMARTS) is 1. The number of nitrogens with zero attached hydrogens (tertiary/aromatic N) is 2. The van der Waals surface area contributed by atoms with Crippen molar-refractivity contribution in [3.63, 3.8) is 0 Å². The van der Waals surface area contributed by atoms with E-state index in [0.717, 1.165) is 43.7 Å². The van der Waals surface area contributed by atoms with Crippen LogP contribution in [0.3, 0.4) is 0 Å². The molecule has 5 heteroatoms. The van der Waals surface area contributed by atoms with Crippen LogP contribution in [0.15, 0.2) is 54.7 Å². The maximum absolute atomic E-state index is 11.5. The van der Waals surface area contributed by atoms with Gasteiger partial charge in [-0.25, -0.2) is 0 Å². The Morgan fingerprint density at radius 3 is 2.38 bits per heavy atom. The number of aromatic nitrogens is 1. The van der Waals surface area contributed by atoms with Gasteiger partial charge in [-0.05, 0) is 94.3 Å². The number of carboxylic acids is 1. The van der Waals surface area contributed by atoms with Crippen molar-refractivity contribution >= 4 is 16.9 Å². The molecule has 200 valence electrons. The number of likely N-dealkylation sites (tertiary alicyclic amines) is 1. The van der Waals surface area contributed by atoms with Gasteiger partial charge in [-0.3, -0.25) is 4.79 Å². The Hall–Kier alpha value is -2.63. The molecule has 1 aliphatic rings. The van der Waals surface area contributed by atoms with E-state index in [1.807, 2.05) is 24.3 Å². The van der Waals surface area contributed by atoms with Crippen LogP contribution in [0.2, 0.25) is 0 Å². The second kappa shape index (κ2) is 12.3. The van der Waals surface area contributed by atoms with Crippen LogP contribution in [0, 0.1) is 0 Å². The number of aryl methyl sites for hydroxylation is 1. The number of hydrogen-bond donors (Lipinski definition) is 2. The van der Waals surface area contributed by atoms with Crippen LogP contribution < -0.4 is 0 Å². The Balaban J connectivity index is 1.26. The van der Waals surface area contributed by atoms with Gasteiger partial charge in [0.25, 0.3) is 0 Å². The number of unbranched alkanes of at least 4 members (excludes halogenated alkanes) is 2. The average molecular weight is 505 g/mol. The van der Waals surface area contributed by atoms with Crippen LogP contribution in [-0.2, 0) is 16.8 Å². The molecule has 1 atom stereocenters. The maximum Gasteiger partial charge on any atom is 0.313 e. The highest BCUT2D eigenvalue weighted by Crippen LogP contribution is 2.35. The van der Waals surface area contributed by atoms with Gasteiger partial charge >= 0.3 is 5.97 Å². The summed E-state index contributed by atoms with van der Waals surface area (Å²) >= 11 is 0. The van der Waals surface area contributed by atoms with Crippen molar-refractivity contribution in [1.29, 1.82) is 0 Å². The molecule has 0 bridgehead atoms. The van der Waals surface area contributed by atoms with E-state index in [0.29, 0.717) is 12.3 Å². The van der Waals surface area contributed by atoms with E-state index in [4.69, 9.17) is 0 Å². The number of fused-ring (bicyclic) bond motifs is 1. The molecule has 0 spiro atoms. The SMILES string of the molecule is CCCCCn1cc(C2CCN(CCCC(O)c3ccc(C(C)(C)C(=O)O)cc3)CC2)c2ccccc21. The van der Waals surface area contributed by atoms with Crippen molar-refractivity contribution in [2.24, 2.45) is 0 Å². The lowest BCUT2D eigenvalue weighted by atomic mass is 9.84. The largest absolute Gasteiger partial charge is 0.481 e. The fraction of sp³-hybridized carbons (Fsp3) is 0.531. The van der Waals surface area contributed by atoms with Gasteiger partial charge < -0.3 is 19.7 Å². The number of carbonyl (C=O) groups is 1. The summed E-state index contributed by atoms with van der Waals surface area (Å²) in [6.07, 6.45) is 9.72. The van der Waals surface area contributed by atoms with Gasteiger partial charge in [0.2, 0.25) is 0 Å². The van der Waals surface area contributed by atoms with Crippen molar-refractivity contribution in [3.8, 4) is 0 Å². The van der Waals surface area contributed by atoms with Crippen LogP contribution in [0.25, 0.3) is 10.9 Å². The average Bonchev–Trinajstić information content (AvgIpc) is 3.28. The first-order valence-corrected chi connectivity index (χ1v) is 14.1. The monoisotopic (exact) mass is 504 g/mol. The van der Waals surface area contributed by atoms with E-state index >= 15 is 0 Å². The standard InChI is InChI=1S/C32H44N2O3/c1-4-5-8-20-34-23-28(27-10-6-7-11-29(27)34)24-17-21-33(22-18-24)19-9-12-30(35)25-13-15-26(16-14-25)32(2,3)31(36)37/h6-7,10-11,13-16,23-24,30,35H,4-5,8-9,12,17-22H2,1-3H3,(H,36,37). The number of hydrogen-bond acceptors (Lipinski definition) is 3. The van der Waals surface area contributed by atoms with Crippen LogP contribution >= 0.6 is 0 Å². The smallest absolute Gasteiger partial charge is 0.313 e. The van der Waals surface area contributed by atoms with Gasteiger partial charge in [0.1, 0.15) is 0 Å².